The molecule has 2 unspecified atom stereocenters. The van der Waals surface area contributed by atoms with Gasteiger partial charge in [-0.25, -0.2) is 13.1 Å². The maximum Gasteiger partial charge on any atom is 0.209 e. The molecular weight excluding hydrogens is 264 g/mol. The quantitative estimate of drug-likeness (QED) is 0.776. The molecule has 17 heavy (non-hydrogen) atoms. The third kappa shape index (κ3) is 2.31. The number of hydrogen-bond acceptors (Lipinski definition) is 7. The number of nitrogens with zero attached hydrogens (tertiary/aromatic N) is 4. The van der Waals surface area contributed by atoms with Gasteiger partial charge in [0, 0.05) is 0 Å². The first-order valence-corrected chi connectivity index (χ1v) is 8.08. The van der Waals surface area contributed by atoms with Crippen molar-refractivity contribution in [2.45, 2.75) is 35.4 Å². The number of aliphatic hydroxyl groups excluding tert-OH is 1. The van der Waals surface area contributed by atoms with Gasteiger partial charge in [-0.2, -0.15) is 0 Å². The first-order valence-electron chi connectivity index (χ1n) is 5.38. The summed E-state index contributed by atoms with van der Waals surface area (Å²) in [6, 6.07) is 0.350. The zero-order valence-electron chi connectivity index (χ0n) is 8.93. The second-order valence-electron chi connectivity index (χ2n) is 4.44. The summed E-state index contributed by atoms with van der Waals surface area (Å²) in [5.74, 6) is -0.161. The molecule has 1 aromatic rings. The summed E-state index contributed by atoms with van der Waals surface area (Å²) in [7, 11) is -3.11. The third-order valence-electron chi connectivity index (χ3n) is 2.88. The third-order valence-corrected chi connectivity index (χ3v) is 6.07. The van der Waals surface area contributed by atoms with E-state index in [0.29, 0.717) is 11.2 Å². The Balaban J connectivity index is 1.76. The smallest absolute Gasteiger partial charge is 0.209 e. The van der Waals surface area contributed by atoms with Crippen LogP contribution in [0.3, 0.4) is 0 Å². The van der Waals surface area contributed by atoms with E-state index in [4.69, 9.17) is 0 Å². The molecule has 94 valence electrons. The Morgan fingerprint density at radius 3 is 2.71 bits per heavy atom. The molecule has 2 fully saturated rings. The summed E-state index contributed by atoms with van der Waals surface area (Å²) in [4.78, 5) is 0. The van der Waals surface area contributed by atoms with Crippen LogP contribution >= 0.6 is 11.8 Å². The van der Waals surface area contributed by atoms with Crippen LogP contribution < -0.4 is 0 Å². The van der Waals surface area contributed by atoms with Crippen molar-refractivity contribution in [1.82, 2.24) is 20.2 Å². The van der Waals surface area contributed by atoms with Crippen molar-refractivity contribution in [3.8, 4) is 0 Å². The number of aliphatic hydroxyl groups is 1. The van der Waals surface area contributed by atoms with E-state index < -0.39 is 15.9 Å². The fourth-order valence-corrected chi connectivity index (χ4v) is 5.38. The Morgan fingerprint density at radius 2 is 2.12 bits per heavy atom. The van der Waals surface area contributed by atoms with E-state index in [9.17, 15) is 13.5 Å². The van der Waals surface area contributed by atoms with E-state index in [-0.39, 0.29) is 16.8 Å². The Hall–Kier alpha value is -0.670. The average Bonchev–Trinajstić information content (AvgIpc) is 2.91. The van der Waals surface area contributed by atoms with Crippen molar-refractivity contribution in [2.75, 3.05) is 11.5 Å². The molecule has 1 saturated heterocycles. The summed E-state index contributed by atoms with van der Waals surface area (Å²) >= 11 is 1.26. The fraction of sp³-hybridized carbons (Fsp3) is 0.875. The SMILES string of the molecule is O=S1(=O)CC(O)C(Sc2nnnn2C2CC2)C1. The number of thioether (sulfide) groups is 1. The van der Waals surface area contributed by atoms with Gasteiger partial charge in [-0.1, -0.05) is 11.8 Å². The summed E-state index contributed by atoms with van der Waals surface area (Å²) < 4.78 is 24.5. The van der Waals surface area contributed by atoms with Gasteiger partial charge in [-0.15, -0.1) is 5.10 Å². The summed E-state index contributed by atoms with van der Waals surface area (Å²) in [6.07, 6.45) is 1.29. The summed E-state index contributed by atoms with van der Waals surface area (Å²) in [5.41, 5.74) is 0. The molecule has 0 amide bonds. The first kappa shape index (κ1) is 11.4. The molecule has 0 radical (unpaired) electrons. The molecule has 1 saturated carbocycles. The van der Waals surface area contributed by atoms with E-state index in [2.05, 4.69) is 15.5 Å². The van der Waals surface area contributed by atoms with Gasteiger partial charge in [-0.3, -0.25) is 0 Å². The van der Waals surface area contributed by atoms with Gasteiger partial charge < -0.3 is 5.11 Å². The Bertz CT molecular complexity index is 525. The number of rotatable bonds is 3. The van der Waals surface area contributed by atoms with Crippen LogP contribution in [0.25, 0.3) is 0 Å². The van der Waals surface area contributed by atoms with Gasteiger partial charge in [0.2, 0.25) is 5.16 Å². The lowest BCUT2D eigenvalue weighted by molar-refractivity contribution is 0.207. The van der Waals surface area contributed by atoms with Crippen LogP contribution in [0.2, 0.25) is 0 Å². The lowest BCUT2D eigenvalue weighted by atomic mass is 10.3. The molecule has 2 aliphatic rings. The number of sulfone groups is 1. The first-order chi connectivity index (χ1) is 8.05. The van der Waals surface area contributed by atoms with E-state index >= 15 is 0 Å². The number of aromatic nitrogens is 4. The molecule has 1 aliphatic heterocycles. The van der Waals surface area contributed by atoms with Gasteiger partial charge in [0.05, 0.1) is 28.9 Å². The minimum absolute atomic E-state index is 0.00361. The van der Waals surface area contributed by atoms with Crippen molar-refractivity contribution in [3.05, 3.63) is 0 Å². The molecule has 9 heteroatoms. The minimum atomic E-state index is -3.11. The second kappa shape index (κ2) is 3.92. The molecule has 7 nitrogen and oxygen atoms in total. The summed E-state index contributed by atoms with van der Waals surface area (Å²) in [5, 5.41) is 21.3. The maximum absolute atomic E-state index is 11.4. The van der Waals surface area contributed by atoms with Crippen LogP contribution in [0.15, 0.2) is 5.16 Å². The molecule has 2 heterocycles. The van der Waals surface area contributed by atoms with Crippen molar-refractivity contribution in [3.63, 3.8) is 0 Å². The van der Waals surface area contributed by atoms with Crippen molar-refractivity contribution in [1.29, 1.82) is 0 Å². The molecule has 1 N–H and O–H groups in total. The zero-order chi connectivity index (χ0) is 12.0. The number of tetrazole rings is 1. The van der Waals surface area contributed by atoms with E-state index in [1.807, 2.05) is 0 Å². The van der Waals surface area contributed by atoms with Crippen molar-refractivity contribution >= 4 is 21.6 Å². The average molecular weight is 276 g/mol. The Morgan fingerprint density at radius 1 is 1.35 bits per heavy atom. The minimum Gasteiger partial charge on any atom is -0.391 e. The fourth-order valence-electron chi connectivity index (χ4n) is 1.86. The zero-order valence-corrected chi connectivity index (χ0v) is 10.6. The Labute approximate surface area is 103 Å². The molecule has 1 aromatic heterocycles. The van der Waals surface area contributed by atoms with Crippen LogP contribution in [0.4, 0.5) is 0 Å². The van der Waals surface area contributed by atoms with E-state index in [0.717, 1.165) is 12.8 Å². The van der Waals surface area contributed by atoms with Crippen LogP contribution in [0.1, 0.15) is 18.9 Å². The van der Waals surface area contributed by atoms with E-state index in [1.165, 1.54) is 11.8 Å². The number of hydrogen-bond donors (Lipinski definition) is 1. The van der Waals surface area contributed by atoms with Crippen LogP contribution in [-0.2, 0) is 9.84 Å². The predicted octanol–water partition coefficient (Wildman–Crippen LogP) is -0.742. The Kier molecular flexibility index (Phi) is 2.64. The second-order valence-corrected chi connectivity index (χ2v) is 7.80. The molecule has 0 aromatic carbocycles. The van der Waals surface area contributed by atoms with Crippen LogP contribution in [0.5, 0.6) is 0 Å². The molecule has 2 atom stereocenters. The normalized spacial score (nSPS) is 31.8. The van der Waals surface area contributed by atoms with Gasteiger partial charge in [0.1, 0.15) is 0 Å². The highest BCUT2D eigenvalue weighted by Gasteiger charge is 2.39. The van der Waals surface area contributed by atoms with Gasteiger partial charge in [0.25, 0.3) is 0 Å². The van der Waals surface area contributed by atoms with Crippen molar-refractivity contribution < 1.29 is 13.5 Å². The van der Waals surface area contributed by atoms with Gasteiger partial charge in [-0.05, 0) is 23.3 Å². The van der Waals surface area contributed by atoms with Gasteiger partial charge in [0.15, 0.2) is 9.84 Å². The molecule has 0 bridgehead atoms. The molecule has 3 rings (SSSR count). The predicted molar refractivity (Wildman–Crippen MR) is 60.4 cm³/mol. The highest BCUT2D eigenvalue weighted by atomic mass is 32.2. The van der Waals surface area contributed by atoms with Crippen molar-refractivity contribution in [2.24, 2.45) is 0 Å². The standard InChI is InChI=1S/C8H12N4O3S2/c13-6-3-17(14,15)4-7(6)16-8-9-10-11-12(8)5-1-2-5/h5-7,13H,1-4H2. The van der Waals surface area contributed by atoms with Gasteiger partial charge >= 0.3 is 0 Å². The largest absolute Gasteiger partial charge is 0.391 e. The highest BCUT2D eigenvalue weighted by Crippen LogP contribution is 2.38. The molecule has 1 aliphatic carbocycles. The topological polar surface area (TPSA) is 98.0 Å². The molecule has 0 spiro atoms. The van der Waals surface area contributed by atoms with E-state index in [1.54, 1.807) is 4.68 Å². The molecular formula is C8H12N4O3S2. The highest BCUT2D eigenvalue weighted by molar-refractivity contribution is 8.01. The van der Waals surface area contributed by atoms with Crippen LogP contribution in [0, 0.1) is 0 Å². The lowest BCUT2D eigenvalue weighted by Crippen LogP contribution is -2.20. The lowest BCUT2D eigenvalue weighted by Gasteiger charge is -2.10. The van der Waals surface area contributed by atoms with Crippen LogP contribution in [-0.4, -0.2) is 56.6 Å². The monoisotopic (exact) mass is 276 g/mol. The maximum atomic E-state index is 11.4. The summed E-state index contributed by atoms with van der Waals surface area (Å²) in [6.45, 7) is 0.